The Morgan fingerprint density at radius 2 is 2.10 bits per heavy atom. The number of halogens is 2. The average Bonchev–Trinajstić information content (AvgIpc) is 3.06. The van der Waals surface area contributed by atoms with Gasteiger partial charge >= 0.3 is 5.69 Å². The summed E-state index contributed by atoms with van der Waals surface area (Å²) in [5.74, 6) is -0.959. The van der Waals surface area contributed by atoms with E-state index < -0.39 is 23.5 Å². The molecule has 1 fully saturated rings. The number of anilines is 1. The van der Waals surface area contributed by atoms with E-state index in [1.54, 1.807) is 25.3 Å². The zero-order valence-electron chi connectivity index (χ0n) is 16.3. The molecule has 0 aliphatic carbocycles. The van der Waals surface area contributed by atoms with Crippen LogP contribution >= 0.6 is 11.6 Å². The van der Waals surface area contributed by atoms with Crippen molar-refractivity contribution in [2.75, 3.05) is 31.2 Å². The number of fused-ring (bicyclic) bond motifs is 1. The van der Waals surface area contributed by atoms with Gasteiger partial charge < -0.3 is 15.0 Å². The normalized spacial score (nSPS) is 15.4. The minimum Gasteiger partial charge on any atom is -0.378 e. The van der Waals surface area contributed by atoms with E-state index in [1.807, 2.05) is 6.07 Å². The predicted molar refractivity (Wildman–Crippen MR) is 110 cm³/mol. The number of nitrogens with zero attached hydrogens (tertiary/aromatic N) is 4. The summed E-state index contributed by atoms with van der Waals surface area (Å²) in [5, 5.41) is 7.15. The molecular formula is C20H21ClFN5O3. The summed E-state index contributed by atoms with van der Waals surface area (Å²) in [4.78, 5) is 27.3. The molecule has 158 valence electrons. The number of pyridine rings is 1. The molecule has 1 aliphatic rings. The molecule has 1 saturated heterocycles. The number of carbonyl (C=O) groups is 1. The third-order valence-electron chi connectivity index (χ3n) is 5.06. The standard InChI is InChI=1S/C20H21ClFN5O3/c1-13(14-4-5-15(21)16(22)11-14)23-18(28)12-27-20(29)26-6-2-3-17(19(26)24-27)25-7-9-30-10-8-25/h2-6,11,13H,7-10,12H2,1H3,(H,23,28)/t13-/m0/s1. The van der Waals surface area contributed by atoms with Crippen LogP contribution in [0, 0.1) is 5.82 Å². The van der Waals surface area contributed by atoms with Gasteiger partial charge in [0.1, 0.15) is 12.4 Å². The van der Waals surface area contributed by atoms with Crippen molar-refractivity contribution in [2.24, 2.45) is 0 Å². The number of benzene rings is 1. The molecule has 4 rings (SSSR count). The highest BCUT2D eigenvalue weighted by Crippen LogP contribution is 2.21. The van der Waals surface area contributed by atoms with Gasteiger partial charge in [-0.25, -0.2) is 18.3 Å². The quantitative estimate of drug-likeness (QED) is 0.665. The van der Waals surface area contributed by atoms with Crippen molar-refractivity contribution in [3.8, 4) is 0 Å². The number of ether oxygens (including phenoxy) is 1. The topological polar surface area (TPSA) is 80.9 Å². The van der Waals surface area contributed by atoms with Crippen molar-refractivity contribution in [1.29, 1.82) is 0 Å². The first-order chi connectivity index (χ1) is 14.4. The van der Waals surface area contributed by atoms with Gasteiger partial charge in [0.05, 0.1) is 30.0 Å². The van der Waals surface area contributed by atoms with Gasteiger partial charge in [-0.2, -0.15) is 0 Å². The van der Waals surface area contributed by atoms with Gasteiger partial charge in [-0.3, -0.25) is 4.79 Å². The van der Waals surface area contributed by atoms with Gasteiger partial charge in [-0.15, -0.1) is 5.10 Å². The molecule has 1 N–H and O–H groups in total. The summed E-state index contributed by atoms with van der Waals surface area (Å²) >= 11 is 5.70. The van der Waals surface area contributed by atoms with E-state index in [1.165, 1.54) is 16.5 Å². The Kier molecular flexibility index (Phi) is 5.74. The van der Waals surface area contributed by atoms with Crippen LogP contribution in [0.2, 0.25) is 5.02 Å². The zero-order chi connectivity index (χ0) is 21.3. The minimum atomic E-state index is -0.553. The molecule has 0 saturated carbocycles. The number of hydrogen-bond acceptors (Lipinski definition) is 5. The monoisotopic (exact) mass is 433 g/mol. The van der Waals surface area contributed by atoms with E-state index in [4.69, 9.17) is 16.3 Å². The summed E-state index contributed by atoms with van der Waals surface area (Å²) in [6, 6.07) is 7.58. The average molecular weight is 434 g/mol. The summed E-state index contributed by atoms with van der Waals surface area (Å²) < 4.78 is 21.6. The molecule has 1 aliphatic heterocycles. The first kappa shape index (κ1) is 20.4. The Morgan fingerprint density at radius 1 is 1.33 bits per heavy atom. The lowest BCUT2D eigenvalue weighted by atomic mass is 10.1. The third kappa shape index (κ3) is 4.03. The van der Waals surface area contributed by atoms with Crippen LogP contribution in [0.5, 0.6) is 0 Å². The smallest absolute Gasteiger partial charge is 0.350 e. The van der Waals surface area contributed by atoms with Crippen molar-refractivity contribution in [1.82, 2.24) is 19.5 Å². The van der Waals surface area contributed by atoms with Crippen LogP contribution < -0.4 is 15.9 Å². The highest BCUT2D eigenvalue weighted by molar-refractivity contribution is 6.30. The van der Waals surface area contributed by atoms with Crippen molar-refractivity contribution in [3.05, 3.63) is 63.4 Å². The summed E-state index contributed by atoms with van der Waals surface area (Å²) in [7, 11) is 0. The van der Waals surface area contributed by atoms with Crippen LogP contribution in [-0.2, 0) is 16.1 Å². The largest absolute Gasteiger partial charge is 0.378 e. The van der Waals surface area contributed by atoms with Crippen LogP contribution in [0.3, 0.4) is 0 Å². The Morgan fingerprint density at radius 3 is 2.83 bits per heavy atom. The van der Waals surface area contributed by atoms with Gasteiger partial charge in [0, 0.05) is 19.3 Å². The van der Waals surface area contributed by atoms with Gasteiger partial charge in [0.15, 0.2) is 5.65 Å². The van der Waals surface area contributed by atoms with Crippen LogP contribution in [0.1, 0.15) is 18.5 Å². The molecular weight excluding hydrogens is 413 g/mol. The molecule has 0 bridgehead atoms. The van der Waals surface area contributed by atoms with E-state index in [2.05, 4.69) is 15.3 Å². The van der Waals surface area contributed by atoms with E-state index in [0.29, 0.717) is 37.5 Å². The van der Waals surface area contributed by atoms with Gasteiger partial charge in [-0.05, 0) is 36.8 Å². The molecule has 10 heteroatoms. The summed E-state index contributed by atoms with van der Waals surface area (Å²) in [5.41, 5.74) is 1.48. The van der Waals surface area contributed by atoms with E-state index in [0.717, 1.165) is 10.4 Å². The van der Waals surface area contributed by atoms with Crippen molar-refractivity contribution < 1.29 is 13.9 Å². The Labute approximate surface area is 176 Å². The van der Waals surface area contributed by atoms with Gasteiger partial charge in [0.2, 0.25) is 5.91 Å². The summed E-state index contributed by atoms with van der Waals surface area (Å²) in [6.07, 6.45) is 1.63. The maximum absolute atomic E-state index is 13.7. The van der Waals surface area contributed by atoms with Crippen molar-refractivity contribution in [2.45, 2.75) is 19.5 Å². The van der Waals surface area contributed by atoms with Crippen molar-refractivity contribution >= 4 is 28.8 Å². The second kappa shape index (κ2) is 8.45. The molecule has 8 nitrogen and oxygen atoms in total. The Balaban J connectivity index is 1.53. The molecule has 1 aromatic carbocycles. The minimum absolute atomic E-state index is 0.0181. The molecule has 1 amide bonds. The lowest BCUT2D eigenvalue weighted by Crippen LogP contribution is -2.36. The molecule has 30 heavy (non-hydrogen) atoms. The maximum atomic E-state index is 13.7. The second-order valence-corrected chi connectivity index (χ2v) is 7.50. The van der Waals surface area contributed by atoms with E-state index in [9.17, 15) is 14.0 Å². The third-order valence-corrected chi connectivity index (χ3v) is 5.36. The SMILES string of the molecule is C[C@H](NC(=O)Cn1nc2c(N3CCOCC3)cccn2c1=O)c1ccc(Cl)c(F)c1. The molecule has 1 atom stereocenters. The number of morpholine rings is 1. The van der Waals surface area contributed by atoms with Crippen LogP contribution in [0.15, 0.2) is 41.3 Å². The number of amides is 1. The Hall–Kier alpha value is -2.91. The van der Waals surface area contributed by atoms with Gasteiger partial charge in [0.25, 0.3) is 0 Å². The van der Waals surface area contributed by atoms with E-state index >= 15 is 0 Å². The van der Waals surface area contributed by atoms with Crippen LogP contribution in [-0.4, -0.2) is 46.4 Å². The van der Waals surface area contributed by atoms with Gasteiger partial charge in [-0.1, -0.05) is 17.7 Å². The first-order valence-electron chi connectivity index (χ1n) is 9.59. The van der Waals surface area contributed by atoms with Crippen LogP contribution in [0.25, 0.3) is 5.65 Å². The highest BCUT2D eigenvalue weighted by Gasteiger charge is 2.19. The highest BCUT2D eigenvalue weighted by atomic mass is 35.5. The fourth-order valence-corrected chi connectivity index (χ4v) is 3.58. The number of carbonyl (C=O) groups excluding carboxylic acids is 1. The number of hydrogen-bond donors (Lipinski definition) is 1. The van der Waals surface area contributed by atoms with E-state index in [-0.39, 0.29) is 11.6 Å². The number of aromatic nitrogens is 3. The number of rotatable bonds is 5. The summed E-state index contributed by atoms with van der Waals surface area (Å²) in [6.45, 7) is 4.11. The molecule has 3 heterocycles. The predicted octanol–water partition coefficient (Wildman–Crippen LogP) is 2.00. The number of nitrogens with one attached hydrogen (secondary N) is 1. The first-order valence-corrected chi connectivity index (χ1v) is 9.97. The Bertz CT molecular complexity index is 1140. The molecule has 0 unspecified atom stereocenters. The van der Waals surface area contributed by atoms with Crippen LogP contribution in [0.4, 0.5) is 10.1 Å². The second-order valence-electron chi connectivity index (χ2n) is 7.09. The maximum Gasteiger partial charge on any atom is 0.350 e. The zero-order valence-corrected chi connectivity index (χ0v) is 17.1. The lowest BCUT2D eigenvalue weighted by Gasteiger charge is -2.28. The van der Waals surface area contributed by atoms with Crippen molar-refractivity contribution in [3.63, 3.8) is 0 Å². The molecule has 0 spiro atoms. The molecule has 2 aromatic heterocycles. The molecule has 0 radical (unpaired) electrons. The lowest BCUT2D eigenvalue weighted by molar-refractivity contribution is -0.122. The molecule has 3 aromatic rings. The fourth-order valence-electron chi connectivity index (χ4n) is 3.47. The fraction of sp³-hybridized carbons (Fsp3) is 0.350.